The molecule has 1 heterocycles. The molecule has 6 heteroatoms. The number of carbonyl (C=O) groups excluding carboxylic acids is 1. The van der Waals surface area contributed by atoms with Crippen molar-refractivity contribution in [1.82, 2.24) is 10.3 Å². The fourth-order valence-electron chi connectivity index (χ4n) is 1.58. The number of aryl methyl sites for hydroxylation is 1. The molecule has 19 heavy (non-hydrogen) atoms. The standard InChI is InChI=1S/C13H14FN3OS/c1-7-6-19-13(16-7)8(2)17-12(18)9-3-4-11(15)10(14)5-9/h3-6,8H,15H2,1-2H3,(H,17,18). The number of thiazole rings is 1. The van der Waals surface area contributed by atoms with Gasteiger partial charge in [-0.2, -0.15) is 0 Å². The van der Waals surface area contributed by atoms with E-state index in [4.69, 9.17) is 5.73 Å². The first-order chi connectivity index (χ1) is 8.97. The first-order valence-electron chi connectivity index (χ1n) is 5.75. The molecular weight excluding hydrogens is 265 g/mol. The minimum atomic E-state index is -0.592. The Morgan fingerprint density at radius 2 is 2.26 bits per heavy atom. The van der Waals surface area contributed by atoms with Gasteiger partial charge >= 0.3 is 0 Å². The van der Waals surface area contributed by atoms with Gasteiger partial charge in [-0.3, -0.25) is 4.79 Å². The van der Waals surface area contributed by atoms with Crippen LogP contribution in [0.4, 0.5) is 10.1 Å². The molecule has 0 saturated carbocycles. The van der Waals surface area contributed by atoms with Crippen molar-refractivity contribution in [3.05, 3.63) is 45.7 Å². The number of hydrogen-bond acceptors (Lipinski definition) is 4. The van der Waals surface area contributed by atoms with Crippen LogP contribution in [0.3, 0.4) is 0 Å². The predicted octanol–water partition coefficient (Wildman–Crippen LogP) is 2.66. The molecule has 1 aromatic carbocycles. The van der Waals surface area contributed by atoms with Crippen molar-refractivity contribution in [2.24, 2.45) is 0 Å². The molecule has 1 amide bonds. The monoisotopic (exact) mass is 279 g/mol. The Kier molecular flexibility index (Phi) is 3.80. The second-order valence-electron chi connectivity index (χ2n) is 4.26. The molecule has 1 atom stereocenters. The smallest absolute Gasteiger partial charge is 0.251 e. The average Bonchev–Trinajstić information content (AvgIpc) is 2.79. The lowest BCUT2D eigenvalue weighted by Crippen LogP contribution is -2.26. The van der Waals surface area contributed by atoms with Crippen molar-refractivity contribution in [2.75, 3.05) is 5.73 Å². The molecule has 0 spiro atoms. The highest BCUT2D eigenvalue weighted by Crippen LogP contribution is 2.18. The van der Waals surface area contributed by atoms with Crippen molar-refractivity contribution in [3.63, 3.8) is 0 Å². The summed E-state index contributed by atoms with van der Waals surface area (Å²) in [5.41, 5.74) is 6.56. The molecule has 0 aliphatic carbocycles. The van der Waals surface area contributed by atoms with E-state index in [0.717, 1.165) is 16.8 Å². The van der Waals surface area contributed by atoms with E-state index < -0.39 is 5.82 Å². The Balaban J connectivity index is 2.10. The first kappa shape index (κ1) is 13.5. The lowest BCUT2D eigenvalue weighted by Gasteiger charge is -2.11. The van der Waals surface area contributed by atoms with Gasteiger partial charge in [-0.1, -0.05) is 0 Å². The molecule has 0 fully saturated rings. The van der Waals surface area contributed by atoms with Gasteiger partial charge in [0.2, 0.25) is 0 Å². The molecule has 2 rings (SSSR count). The maximum Gasteiger partial charge on any atom is 0.251 e. The zero-order valence-electron chi connectivity index (χ0n) is 10.6. The second-order valence-corrected chi connectivity index (χ2v) is 5.15. The fourth-order valence-corrected chi connectivity index (χ4v) is 2.38. The number of nitrogen functional groups attached to an aromatic ring is 1. The van der Waals surface area contributed by atoms with Gasteiger partial charge in [-0.15, -0.1) is 11.3 Å². The van der Waals surface area contributed by atoms with Crippen LogP contribution >= 0.6 is 11.3 Å². The second kappa shape index (κ2) is 5.36. The summed E-state index contributed by atoms with van der Waals surface area (Å²) in [5.74, 6) is -0.940. The van der Waals surface area contributed by atoms with E-state index in [2.05, 4.69) is 10.3 Å². The van der Waals surface area contributed by atoms with Crippen molar-refractivity contribution in [2.45, 2.75) is 19.9 Å². The van der Waals surface area contributed by atoms with Crippen LogP contribution in [0.25, 0.3) is 0 Å². The lowest BCUT2D eigenvalue weighted by molar-refractivity contribution is 0.0939. The Hall–Kier alpha value is -1.95. The number of nitrogens with one attached hydrogen (secondary N) is 1. The van der Waals surface area contributed by atoms with Crippen LogP contribution in [0.5, 0.6) is 0 Å². The van der Waals surface area contributed by atoms with E-state index in [1.165, 1.54) is 23.5 Å². The van der Waals surface area contributed by atoms with Gasteiger partial charge in [-0.25, -0.2) is 9.37 Å². The van der Waals surface area contributed by atoms with Gasteiger partial charge in [0.1, 0.15) is 10.8 Å². The molecule has 100 valence electrons. The van der Waals surface area contributed by atoms with Gasteiger partial charge < -0.3 is 11.1 Å². The van der Waals surface area contributed by atoms with Gasteiger partial charge in [0, 0.05) is 16.6 Å². The SMILES string of the molecule is Cc1csc(C(C)NC(=O)c2ccc(N)c(F)c2)n1. The Morgan fingerprint density at radius 1 is 1.53 bits per heavy atom. The summed E-state index contributed by atoms with van der Waals surface area (Å²) in [6.45, 7) is 3.73. The molecule has 3 N–H and O–H groups in total. The molecule has 4 nitrogen and oxygen atoms in total. The third-order valence-corrected chi connectivity index (χ3v) is 3.76. The highest BCUT2D eigenvalue weighted by Gasteiger charge is 2.14. The zero-order chi connectivity index (χ0) is 14.0. The zero-order valence-corrected chi connectivity index (χ0v) is 11.4. The predicted molar refractivity (Wildman–Crippen MR) is 73.5 cm³/mol. The van der Waals surface area contributed by atoms with E-state index >= 15 is 0 Å². The maximum absolute atomic E-state index is 13.3. The number of carbonyl (C=O) groups is 1. The fraction of sp³-hybridized carbons (Fsp3) is 0.231. The molecular formula is C13H14FN3OS. The summed E-state index contributed by atoms with van der Waals surface area (Å²) in [6, 6.07) is 3.78. The Morgan fingerprint density at radius 3 is 2.84 bits per heavy atom. The van der Waals surface area contributed by atoms with Crippen LogP contribution in [-0.2, 0) is 0 Å². The van der Waals surface area contributed by atoms with Gasteiger partial charge in [-0.05, 0) is 32.0 Å². The Labute approximate surface area is 114 Å². The summed E-state index contributed by atoms with van der Waals surface area (Å²) in [7, 11) is 0. The third-order valence-electron chi connectivity index (χ3n) is 2.62. The Bertz CT molecular complexity index is 612. The van der Waals surface area contributed by atoms with Gasteiger partial charge in [0.15, 0.2) is 0 Å². The van der Waals surface area contributed by atoms with E-state index in [1.807, 2.05) is 19.2 Å². The van der Waals surface area contributed by atoms with Crippen LogP contribution in [-0.4, -0.2) is 10.9 Å². The molecule has 0 bridgehead atoms. The lowest BCUT2D eigenvalue weighted by atomic mass is 10.1. The van der Waals surface area contributed by atoms with Crippen molar-refractivity contribution in [1.29, 1.82) is 0 Å². The number of amides is 1. The van der Waals surface area contributed by atoms with E-state index in [0.29, 0.717) is 0 Å². The minimum absolute atomic E-state index is 0.0279. The summed E-state index contributed by atoms with van der Waals surface area (Å²) in [6.07, 6.45) is 0. The number of anilines is 1. The highest BCUT2D eigenvalue weighted by atomic mass is 32.1. The number of benzene rings is 1. The topological polar surface area (TPSA) is 68.0 Å². The quantitative estimate of drug-likeness (QED) is 0.849. The third kappa shape index (κ3) is 3.08. The van der Waals surface area contributed by atoms with Crippen LogP contribution in [0.1, 0.15) is 34.0 Å². The van der Waals surface area contributed by atoms with Crippen LogP contribution in [0.2, 0.25) is 0 Å². The summed E-state index contributed by atoms with van der Waals surface area (Å²) >= 11 is 1.48. The molecule has 1 unspecified atom stereocenters. The minimum Gasteiger partial charge on any atom is -0.396 e. The van der Waals surface area contributed by atoms with Crippen molar-refractivity contribution < 1.29 is 9.18 Å². The van der Waals surface area contributed by atoms with Crippen molar-refractivity contribution in [3.8, 4) is 0 Å². The van der Waals surface area contributed by atoms with Crippen molar-refractivity contribution >= 4 is 22.9 Å². The van der Waals surface area contributed by atoms with E-state index in [1.54, 1.807) is 0 Å². The number of nitrogens with zero attached hydrogens (tertiary/aromatic N) is 1. The number of halogens is 1. The van der Waals surface area contributed by atoms with Gasteiger partial charge in [0.05, 0.1) is 11.7 Å². The molecule has 0 aliphatic heterocycles. The number of rotatable bonds is 3. The number of aromatic nitrogens is 1. The first-order valence-corrected chi connectivity index (χ1v) is 6.63. The molecule has 0 saturated heterocycles. The average molecular weight is 279 g/mol. The summed E-state index contributed by atoms with van der Waals surface area (Å²) < 4.78 is 13.3. The van der Waals surface area contributed by atoms with E-state index in [-0.39, 0.29) is 23.2 Å². The molecule has 1 aromatic heterocycles. The maximum atomic E-state index is 13.3. The largest absolute Gasteiger partial charge is 0.396 e. The van der Waals surface area contributed by atoms with Crippen LogP contribution in [0, 0.1) is 12.7 Å². The molecule has 2 aromatic rings. The summed E-state index contributed by atoms with van der Waals surface area (Å²) in [5, 5.41) is 5.51. The highest BCUT2D eigenvalue weighted by molar-refractivity contribution is 7.09. The van der Waals surface area contributed by atoms with Crippen LogP contribution < -0.4 is 11.1 Å². The molecule has 0 aliphatic rings. The summed E-state index contributed by atoms with van der Waals surface area (Å²) in [4.78, 5) is 16.3. The van der Waals surface area contributed by atoms with E-state index in [9.17, 15) is 9.18 Å². The van der Waals surface area contributed by atoms with Gasteiger partial charge in [0.25, 0.3) is 5.91 Å². The number of nitrogens with two attached hydrogens (primary N) is 1. The normalized spacial score (nSPS) is 12.2. The molecule has 0 radical (unpaired) electrons. The van der Waals surface area contributed by atoms with Crippen LogP contribution in [0.15, 0.2) is 23.6 Å². The number of hydrogen-bond donors (Lipinski definition) is 2.